The Morgan fingerprint density at radius 1 is 1.47 bits per heavy atom. The molecule has 17 heavy (non-hydrogen) atoms. The molecule has 0 fully saturated rings. The summed E-state index contributed by atoms with van der Waals surface area (Å²) in [4.78, 5) is 15.9. The van der Waals surface area contributed by atoms with E-state index in [0.717, 1.165) is 10.7 Å². The van der Waals surface area contributed by atoms with E-state index in [1.807, 2.05) is 12.3 Å². The third-order valence-electron chi connectivity index (χ3n) is 1.96. The molecule has 0 aliphatic carbocycles. The van der Waals surface area contributed by atoms with Gasteiger partial charge in [-0.25, -0.2) is 4.98 Å². The zero-order chi connectivity index (χ0) is 12.3. The molecule has 0 unspecified atom stereocenters. The van der Waals surface area contributed by atoms with Crippen molar-refractivity contribution in [3.63, 3.8) is 0 Å². The average molecular weight is 269 g/mol. The van der Waals surface area contributed by atoms with Gasteiger partial charge in [0.15, 0.2) is 10.8 Å². The number of hydrogen-bond acceptors (Lipinski definition) is 5. The maximum atomic E-state index is 11.7. The number of nitrogens with one attached hydrogen (secondary N) is 1. The Morgan fingerprint density at radius 3 is 2.88 bits per heavy atom. The molecule has 1 amide bonds. The lowest BCUT2D eigenvalue weighted by molar-refractivity contribution is 0.0944. The molecule has 0 saturated carbocycles. The van der Waals surface area contributed by atoms with Crippen molar-refractivity contribution < 1.29 is 4.79 Å². The van der Waals surface area contributed by atoms with Crippen LogP contribution < -0.4 is 5.32 Å². The molecule has 0 aliphatic rings. The minimum atomic E-state index is -0.292. The summed E-state index contributed by atoms with van der Waals surface area (Å²) in [5, 5.41) is 13.1. The topological polar surface area (TPSA) is 67.8 Å². The van der Waals surface area contributed by atoms with Crippen LogP contribution in [0.1, 0.15) is 21.2 Å². The molecule has 1 N–H and O–H groups in total. The SMILES string of the molecule is Cc1nc(CNC(=O)c2ccc(Cl)nn2)cs1. The van der Waals surface area contributed by atoms with E-state index in [4.69, 9.17) is 11.6 Å². The van der Waals surface area contributed by atoms with Crippen molar-refractivity contribution in [2.45, 2.75) is 13.5 Å². The molecule has 0 aliphatic heterocycles. The van der Waals surface area contributed by atoms with Crippen LogP contribution in [0, 0.1) is 6.92 Å². The first-order chi connectivity index (χ1) is 8.15. The van der Waals surface area contributed by atoms with Crippen molar-refractivity contribution in [2.75, 3.05) is 0 Å². The van der Waals surface area contributed by atoms with Crippen LogP contribution in [0.15, 0.2) is 17.5 Å². The molecule has 0 saturated heterocycles. The molecule has 0 radical (unpaired) electrons. The number of nitrogens with zero attached hydrogens (tertiary/aromatic N) is 3. The van der Waals surface area contributed by atoms with E-state index in [1.54, 1.807) is 11.3 Å². The van der Waals surface area contributed by atoms with Crippen LogP contribution in [0.5, 0.6) is 0 Å². The number of amides is 1. The second-order valence-electron chi connectivity index (χ2n) is 3.28. The lowest BCUT2D eigenvalue weighted by Crippen LogP contribution is -2.24. The normalized spacial score (nSPS) is 10.2. The number of aromatic nitrogens is 3. The third-order valence-corrected chi connectivity index (χ3v) is 2.99. The molecular formula is C10H9ClN4OS. The molecule has 0 bridgehead atoms. The summed E-state index contributed by atoms with van der Waals surface area (Å²) in [6.07, 6.45) is 0. The quantitative estimate of drug-likeness (QED) is 0.922. The predicted molar refractivity (Wildman–Crippen MR) is 65.1 cm³/mol. The highest BCUT2D eigenvalue weighted by Crippen LogP contribution is 2.07. The van der Waals surface area contributed by atoms with E-state index >= 15 is 0 Å². The van der Waals surface area contributed by atoms with Crippen LogP contribution >= 0.6 is 22.9 Å². The molecule has 88 valence electrons. The van der Waals surface area contributed by atoms with Gasteiger partial charge in [-0.3, -0.25) is 4.79 Å². The minimum absolute atomic E-state index is 0.237. The predicted octanol–water partition coefficient (Wildman–Crippen LogP) is 1.82. The van der Waals surface area contributed by atoms with E-state index < -0.39 is 0 Å². The molecule has 0 atom stereocenters. The van der Waals surface area contributed by atoms with Gasteiger partial charge in [0.05, 0.1) is 17.2 Å². The van der Waals surface area contributed by atoms with Crippen LogP contribution in [0.25, 0.3) is 0 Å². The standard InChI is InChI=1S/C10H9ClN4OS/c1-6-13-7(5-17-6)4-12-10(16)8-2-3-9(11)15-14-8/h2-3,5H,4H2,1H3,(H,12,16). The van der Waals surface area contributed by atoms with Crippen molar-refractivity contribution in [1.29, 1.82) is 0 Å². The number of aryl methyl sites for hydroxylation is 1. The zero-order valence-corrected chi connectivity index (χ0v) is 10.5. The van der Waals surface area contributed by atoms with Crippen molar-refractivity contribution >= 4 is 28.8 Å². The molecule has 0 aromatic carbocycles. The van der Waals surface area contributed by atoms with Gasteiger partial charge in [-0.1, -0.05) is 11.6 Å². The lowest BCUT2D eigenvalue weighted by atomic mass is 10.3. The molecule has 2 rings (SSSR count). The number of rotatable bonds is 3. The van der Waals surface area contributed by atoms with Crippen molar-refractivity contribution in [3.8, 4) is 0 Å². The van der Waals surface area contributed by atoms with Gasteiger partial charge < -0.3 is 5.32 Å². The summed E-state index contributed by atoms with van der Waals surface area (Å²) in [7, 11) is 0. The maximum absolute atomic E-state index is 11.7. The van der Waals surface area contributed by atoms with Gasteiger partial charge in [-0.05, 0) is 19.1 Å². The van der Waals surface area contributed by atoms with Crippen molar-refractivity contribution in [3.05, 3.63) is 39.1 Å². The van der Waals surface area contributed by atoms with Gasteiger partial charge in [0.1, 0.15) is 0 Å². The molecule has 2 heterocycles. The van der Waals surface area contributed by atoms with Gasteiger partial charge in [-0.2, -0.15) is 0 Å². The molecule has 0 spiro atoms. The highest BCUT2D eigenvalue weighted by atomic mass is 35.5. The Hall–Kier alpha value is -1.53. The monoisotopic (exact) mass is 268 g/mol. The molecule has 5 nitrogen and oxygen atoms in total. The van der Waals surface area contributed by atoms with Gasteiger partial charge in [0, 0.05) is 5.38 Å². The fourth-order valence-corrected chi connectivity index (χ4v) is 1.90. The lowest BCUT2D eigenvalue weighted by Gasteiger charge is -2.01. The summed E-state index contributed by atoms with van der Waals surface area (Å²) >= 11 is 7.12. The fraction of sp³-hybridized carbons (Fsp3) is 0.200. The molecule has 2 aromatic rings. The van der Waals surface area contributed by atoms with E-state index in [-0.39, 0.29) is 16.8 Å². The smallest absolute Gasteiger partial charge is 0.272 e. The summed E-state index contributed by atoms with van der Waals surface area (Å²) in [6.45, 7) is 2.30. The summed E-state index contributed by atoms with van der Waals surface area (Å²) in [6, 6.07) is 3.05. The number of hydrogen-bond donors (Lipinski definition) is 1. The van der Waals surface area contributed by atoms with Crippen LogP contribution in [-0.2, 0) is 6.54 Å². The van der Waals surface area contributed by atoms with Gasteiger partial charge >= 0.3 is 0 Å². The second-order valence-corrected chi connectivity index (χ2v) is 4.73. The summed E-state index contributed by atoms with van der Waals surface area (Å²) in [5.41, 5.74) is 1.07. The largest absolute Gasteiger partial charge is 0.345 e. The minimum Gasteiger partial charge on any atom is -0.345 e. The summed E-state index contributed by atoms with van der Waals surface area (Å²) < 4.78 is 0. The first kappa shape index (κ1) is 11.9. The molecule has 7 heteroatoms. The maximum Gasteiger partial charge on any atom is 0.272 e. The Bertz CT molecular complexity index is 525. The highest BCUT2D eigenvalue weighted by molar-refractivity contribution is 7.09. The van der Waals surface area contributed by atoms with Crippen LogP contribution in [0.4, 0.5) is 0 Å². The molecule has 2 aromatic heterocycles. The zero-order valence-electron chi connectivity index (χ0n) is 8.98. The van der Waals surface area contributed by atoms with Gasteiger partial charge in [0.25, 0.3) is 5.91 Å². The first-order valence-electron chi connectivity index (χ1n) is 4.83. The number of thiazole rings is 1. The average Bonchev–Trinajstić information content (AvgIpc) is 2.73. The molecular weight excluding hydrogens is 260 g/mol. The van der Waals surface area contributed by atoms with E-state index in [9.17, 15) is 4.79 Å². The third kappa shape index (κ3) is 3.21. The van der Waals surface area contributed by atoms with Crippen molar-refractivity contribution in [2.24, 2.45) is 0 Å². The Balaban J connectivity index is 1.95. The highest BCUT2D eigenvalue weighted by Gasteiger charge is 2.08. The van der Waals surface area contributed by atoms with Gasteiger partial charge in [0.2, 0.25) is 0 Å². The van der Waals surface area contributed by atoms with Crippen LogP contribution in [-0.4, -0.2) is 21.1 Å². The number of carbonyl (C=O) groups is 1. The van der Waals surface area contributed by atoms with Gasteiger partial charge in [-0.15, -0.1) is 21.5 Å². The van der Waals surface area contributed by atoms with Crippen molar-refractivity contribution in [1.82, 2.24) is 20.5 Å². The number of carbonyl (C=O) groups excluding carboxylic acids is 1. The Morgan fingerprint density at radius 2 is 2.29 bits per heavy atom. The Kier molecular flexibility index (Phi) is 3.65. The van der Waals surface area contributed by atoms with E-state index in [1.165, 1.54) is 12.1 Å². The van der Waals surface area contributed by atoms with Crippen LogP contribution in [0.2, 0.25) is 5.15 Å². The summed E-state index contributed by atoms with van der Waals surface area (Å²) in [5.74, 6) is -0.292. The first-order valence-corrected chi connectivity index (χ1v) is 6.09. The second kappa shape index (κ2) is 5.20. The van der Waals surface area contributed by atoms with E-state index in [2.05, 4.69) is 20.5 Å². The van der Waals surface area contributed by atoms with E-state index in [0.29, 0.717) is 6.54 Å². The Labute approximate surface area is 107 Å². The van der Waals surface area contributed by atoms with Crippen LogP contribution in [0.3, 0.4) is 0 Å². The number of halogens is 1. The fourth-order valence-electron chi connectivity index (χ4n) is 1.19.